The fourth-order valence-corrected chi connectivity index (χ4v) is 2.54. The molecule has 0 amide bonds. The molecule has 18 heavy (non-hydrogen) atoms. The van der Waals surface area contributed by atoms with Gasteiger partial charge in [-0.2, -0.15) is 0 Å². The molecule has 1 aromatic carbocycles. The van der Waals surface area contributed by atoms with Gasteiger partial charge in [-0.15, -0.1) is 0 Å². The Morgan fingerprint density at radius 1 is 1.28 bits per heavy atom. The molecule has 0 aliphatic heterocycles. The SMILES string of the molecule is CCNCc1c(C)n(CC)c2ccc(OC)cc12. The molecule has 0 saturated heterocycles. The van der Waals surface area contributed by atoms with Crippen LogP contribution in [-0.2, 0) is 13.1 Å². The lowest BCUT2D eigenvalue weighted by atomic mass is 10.1. The summed E-state index contributed by atoms with van der Waals surface area (Å²) in [5, 5.41) is 4.72. The van der Waals surface area contributed by atoms with E-state index in [1.165, 1.54) is 22.2 Å². The van der Waals surface area contributed by atoms with Crippen LogP contribution in [0.4, 0.5) is 0 Å². The fourth-order valence-electron chi connectivity index (χ4n) is 2.54. The first-order valence-corrected chi connectivity index (χ1v) is 6.59. The zero-order valence-electron chi connectivity index (χ0n) is 11.7. The number of benzene rings is 1. The zero-order valence-corrected chi connectivity index (χ0v) is 11.7. The Hall–Kier alpha value is -1.48. The van der Waals surface area contributed by atoms with Crippen molar-refractivity contribution < 1.29 is 4.74 Å². The van der Waals surface area contributed by atoms with Crippen LogP contribution in [0.15, 0.2) is 18.2 Å². The molecule has 3 nitrogen and oxygen atoms in total. The highest BCUT2D eigenvalue weighted by Gasteiger charge is 2.13. The van der Waals surface area contributed by atoms with Gasteiger partial charge in [0, 0.05) is 29.7 Å². The first-order valence-electron chi connectivity index (χ1n) is 6.59. The molecular formula is C15H22N2O. The van der Waals surface area contributed by atoms with Crippen LogP contribution in [0.5, 0.6) is 5.75 Å². The number of nitrogens with zero attached hydrogens (tertiary/aromatic N) is 1. The molecule has 0 spiro atoms. The largest absolute Gasteiger partial charge is 0.497 e. The van der Waals surface area contributed by atoms with Crippen molar-refractivity contribution in [3.05, 3.63) is 29.5 Å². The minimum atomic E-state index is 0.916. The predicted molar refractivity (Wildman–Crippen MR) is 76.3 cm³/mol. The topological polar surface area (TPSA) is 26.2 Å². The van der Waals surface area contributed by atoms with E-state index in [1.807, 2.05) is 6.07 Å². The minimum Gasteiger partial charge on any atom is -0.497 e. The molecule has 0 fully saturated rings. The summed E-state index contributed by atoms with van der Waals surface area (Å²) in [4.78, 5) is 0. The maximum absolute atomic E-state index is 5.33. The number of aryl methyl sites for hydroxylation is 1. The van der Waals surface area contributed by atoms with Crippen LogP contribution in [0.1, 0.15) is 25.1 Å². The van der Waals surface area contributed by atoms with Crippen molar-refractivity contribution in [3.8, 4) is 5.75 Å². The first-order chi connectivity index (χ1) is 8.72. The van der Waals surface area contributed by atoms with E-state index >= 15 is 0 Å². The summed E-state index contributed by atoms with van der Waals surface area (Å²) < 4.78 is 7.70. The van der Waals surface area contributed by atoms with Crippen LogP contribution < -0.4 is 10.1 Å². The Bertz CT molecular complexity index is 543. The lowest BCUT2D eigenvalue weighted by Gasteiger charge is -2.05. The van der Waals surface area contributed by atoms with E-state index < -0.39 is 0 Å². The van der Waals surface area contributed by atoms with Crippen LogP contribution in [-0.4, -0.2) is 18.2 Å². The summed E-state index contributed by atoms with van der Waals surface area (Å²) >= 11 is 0. The molecule has 0 bridgehead atoms. The highest BCUT2D eigenvalue weighted by Crippen LogP contribution is 2.29. The monoisotopic (exact) mass is 246 g/mol. The quantitative estimate of drug-likeness (QED) is 0.877. The molecule has 0 radical (unpaired) electrons. The van der Waals surface area contributed by atoms with Crippen LogP contribution in [0.3, 0.4) is 0 Å². The molecule has 0 unspecified atom stereocenters. The molecule has 1 aromatic heterocycles. The van der Waals surface area contributed by atoms with Crippen molar-refractivity contribution in [2.45, 2.75) is 33.9 Å². The van der Waals surface area contributed by atoms with Crippen LogP contribution in [0.2, 0.25) is 0 Å². The van der Waals surface area contributed by atoms with Gasteiger partial charge in [0.15, 0.2) is 0 Å². The second-order valence-electron chi connectivity index (χ2n) is 4.47. The molecule has 98 valence electrons. The highest BCUT2D eigenvalue weighted by atomic mass is 16.5. The molecule has 0 saturated carbocycles. The summed E-state index contributed by atoms with van der Waals surface area (Å²) in [6.07, 6.45) is 0. The highest BCUT2D eigenvalue weighted by molar-refractivity contribution is 5.87. The smallest absolute Gasteiger partial charge is 0.119 e. The maximum Gasteiger partial charge on any atom is 0.119 e. The van der Waals surface area contributed by atoms with Crippen LogP contribution in [0, 0.1) is 6.92 Å². The molecule has 0 aliphatic carbocycles. The van der Waals surface area contributed by atoms with Gasteiger partial charge in [-0.05, 0) is 44.2 Å². The molecule has 2 aromatic rings. The average Bonchev–Trinajstić information content (AvgIpc) is 2.67. The number of ether oxygens (including phenoxy) is 1. The van der Waals surface area contributed by atoms with Gasteiger partial charge in [-0.25, -0.2) is 0 Å². The standard InChI is InChI=1S/C15H22N2O/c1-5-16-10-14-11(3)17(6-2)15-8-7-12(18-4)9-13(14)15/h7-9,16H,5-6,10H2,1-4H3. The van der Waals surface area contributed by atoms with Crippen LogP contribution in [0.25, 0.3) is 10.9 Å². The Labute approximate surface area is 109 Å². The van der Waals surface area contributed by atoms with Crippen molar-refractivity contribution >= 4 is 10.9 Å². The number of aromatic nitrogens is 1. The van der Waals surface area contributed by atoms with Gasteiger partial charge in [0.2, 0.25) is 0 Å². The lowest BCUT2D eigenvalue weighted by Crippen LogP contribution is -2.12. The number of hydrogen-bond donors (Lipinski definition) is 1. The van der Waals surface area contributed by atoms with E-state index in [2.05, 4.69) is 42.8 Å². The van der Waals surface area contributed by atoms with Gasteiger partial charge < -0.3 is 14.6 Å². The van der Waals surface area contributed by atoms with Crippen molar-refractivity contribution in [2.75, 3.05) is 13.7 Å². The number of nitrogens with one attached hydrogen (secondary N) is 1. The molecule has 1 heterocycles. The van der Waals surface area contributed by atoms with Crippen molar-refractivity contribution in [1.82, 2.24) is 9.88 Å². The van der Waals surface area contributed by atoms with Crippen molar-refractivity contribution in [1.29, 1.82) is 0 Å². The summed E-state index contributed by atoms with van der Waals surface area (Å²) in [5.74, 6) is 0.925. The first kappa shape index (κ1) is 13.0. The summed E-state index contributed by atoms with van der Waals surface area (Å²) in [6.45, 7) is 9.42. The number of hydrogen-bond acceptors (Lipinski definition) is 2. The van der Waals surface area contributed by atoms with Gasteiger partial charge in [-0.1, -0.05) is 6.92 Å². The molecule has 0 aliphatic rings. The third-order valence-electron chi connectivity index (χ3n) is 3.53. The normalized spacial score (nSPS) is 11.1. The Morgan fingerprint density at radius 2 is 2.06 bits per heavy atom. The number of fused-ring (bicyclic) bond motifs is 1. The van der Waals surface area contributed by atoms with E-state index in [-0.39, 0.29) is 0 Å². The second-order valence-corrected chi connectivity index (χ2v) is 4.47. The summed E-state index contributed by atoms with van der Waals surface area (Å²) in [7, 11) is 1.72. The predicted octanol–water partition coefficient (Wildman–Crippen LogP) is 3.09. The van der Waals surface area contributed by atoms with E-state index in [4.69, 9.17) is 4.74 Å². The molecule has 0 atom stereocenters. The Morgan fingerprint density at radius 3 is 2.67 bits per heavy atom. The molecule has 3 heteroatoms. The lowest BCUT2D eigenvalue weighted by molar-refractivity contribution is 0.415. The van der Waals surface area contributed by atoms with Gasteiger partial charge >= 0.3 is 0 Å². The second kappa shape index (κ2) is 5.44. The third kappa shape index (κ3) is 2.10. The summed E-state index contributed by atoms with van der Waals surface area (Å²) in [6, 6.07) is 6.33. The molecule has 1 N–H and O–H groups in total. The van der Waals surface area contributed by atoms with E-state index in [9.17, 15) is 0 Å². The third-order valence-corrected chi connectivity index (χ3v) is 3.53. The number of rotatable bonds is 5. The Kier molecular flexibility index (Phi) is 3.92. The molecular weight excluding hydrogens is 224 g/mol. The average molecular weight is 246 g/mol. The van der Waals surface area contributed by atoms with Gasteiger partial charge in [0.1, 0.15) is 5.75 Å². The van der Waals surface area contributed by atoms with Gasteiger partial charge in [0.25, 0.3) is 0 Å². The van der Waals surface area contributed by atoms with E-state index in [1.54, 1.807) is 7.11 Å². The summed E-state index contributed by atoms with van der Waals surface area (Å²) in [5.41, 5.74) is 4.03. The maximum atomic E-state index is 5.33. The van der Waals surface area contributed by atoms with Crippen molar-refractivity contribution in [3.63, 3.8) is 0 Å². The Balaban J connectivity index is 2.61. The zero-order chi connectivity index (χ0) is 13.1. The van der Waals surface area contributed by atoms with Crippen molar-refractivity contribution in [2.24, 2.45) is 0 Å². The van der Waals surface area contributed by atoms with Gasteiger partial charge in [0.05, 0.1) is 7.11 Å². The van der Waals surface area contributed by atoms with Gasteiger partial charge in [-0.3, -0.25) is 0 Å². The van der Waals surface area contributed by atoms with E-state index in [0.717, 1.165) is 25.4 Å². The molecule has 2 rings (SSSR count). The van der Waals surface area contributed by atoms with E-state index in [0.29, 0.717) is 0 Å². The minimum absolute atomic E-state index is 0.916. The fraction of sp³-hybridized carbons (Fsp3) is 0.467. The van der Waals surface area contributed by atoms with Crippen LogP contribution >= 0.6 is 0 Å². The number of methoxy groups -OCH3 is 1.